The first-order chi connectivity index (χ1) is 9.22. The number of benzene rings is 1. The Morgan fingerprint density at radius 2 is 1.68 bits per heavy atom. The van der Waals surface area contributed by atoms with Crippen LogP contribution in [-0.4, -0.2) is 48.8 Å². The van der Waals surface area contributed by atoms with E-state index in [4.69, 9.17) is 0 Å². The van der Waals surface area contributed by atoms with Crippen molar-refractivity contribution < 1.29 is 5.11 Å². The molecule has 1 atom stereocenters. The number of nitrogens with zero attached hydrogens (tertiary/aromatic N) is 2. The summed E-state index contributed by atoms with van der Waals surface area (Å²) in [5, 5.41) is 9.70. The summed E-state index contributed by atoms with van der Waals surface area (Å²) in [5.41, 5.74) is 2.72. The minimum absolute atomic E-state index is 0.171. The molecule has 0 radical (unpaired) electrons. The molecule has 3 nitrogen and oxygen atoms in total. The summed E-state index contributed by atoms with van der Waals surface area (Å²) < 4.78 is 0. The lowest BCUT2D eigenvalue weighted by atomic mass is 10.1. The zero-order chi connectivity index (χ0) is 13.7. The first-order valence-corrected chi connectivity index (χ1v) is 7.47. The standard InChI is InChI=1S/C16H26N2O/c1-3-14-5-7-15(8-6-14)18-11-9-17(10-12-18)13-16(19)4-2/h5-8,16,19H,3-4,9-13H2,1-2H3/t16-/m1/s1. The fourth-order valence-corrected chi connectivity index (χ4v) is 2.56. The monoisotopic (exact) mass is 262 g/mol. The van der Waals surface area contributed by atoms with E-state index in [0.29, 0.717) is 0 Å². The van der Waals surface area contributed by atoms with E-state index in [1.807, 2.05) is 6.92 Å². The van der Waals surface area contributed by atoms with E-state index >= 15 is 0 Å². The molecule has 1 fully saturated rings. The summed E-state index contributed by atoms with van der Waals surface area (Å²) >= 11 is 0. The third kappa shape index (κ3) is 3.95. The molecule has 0 amide bonds. The first-order valence-electron chi connectivity index (χ1n) is 7.47. The molecule has 0 spiro atoms. The van der Waals surface area contributed by atoms with Crippen LogP contribution < -0.4 is 4.90 Å². The van der Waals surface area contributed by atoms with Gasteiger partial charge in [0.1, 0.15) is 0 Å². The molecule has 1 aliphatic rings. The minimum Gasteiger partial charge on any atom is -0.392 e. The van der Waals surface area contributed by atoms with Gasteiger partial charge in [0.25, 0.3) is 0 Å². The maximum Gasteiger partial charge on any atom is 0.0664 e. The van der Waals surface area contributed by atoms with Crippen LogP contribution in [-0.2, 0) is 6.42 Å². The van der Waals surface area contributed by atoms with E-state index in [-0.39, 0.29) is 6.10 Å². The topological polar surface area (TPSA) is 26.7 Å². The van der Waals surface area contributed by atoms with Crippen molar-refractivity contribution in [1.29, 1.82) is 0 Å². The molecule has 1 aromatic rings. The number of hydrogen-bond donors (Lipinski definition) is 1. The predicted octanol–water partition coefficient (Wildman–Crippen LogP) is 2.14. The lowest BCUT2D eigenvalue weighted by Crippen LogP contribution is -2.48. The molecule has 0 unspecified atom stereocenters. The highest BCUT2D eigenvalue weighted by Gasteiger charge is 2.18. The molecule has 2 rings (SSSR count). The van der Waals surface area contributed by atoms with Crippen molar-refractivity contribution in [1.82, 2.24) is 4.90 Å². The van der Waals surface area contributed by atoms with E-state index in [9.17, 15) is 5.11 Å². The Morgan fingerprint density at radius 3 is 2.21 bits per heavy atom. The molecule has 1 saturated heterocycles. The Hall–Kier alpha value is -1.06. The van der Waals surface area contributed by atoms with E-state index in [1.54, 1.807) is 0 Å². The van der Waals surface area contributed by atoms with Gasteiger partial charge in [0, 0.05) is 38.4 Å². The van der Waals surface area contributed by atoms with Crippen LogP contribution >= 0.6 is 0 Å². The maximum absolute atomic E-state index is 9.70. The number of β-amino-alcohol motifs (C(OH)–C–C–N with tert-alkyl or cyclic N) is 1. The van der Waals surface area contributed by atoms with Crippen LogP contribution in [0.4, 0.5) is 5.69 Å². The average Bonchev–Trinajstić information content (AvgIpc) is 2.48. The Balaban J connectivity index is 1.85. The van der Waals surface area contributed by atoms with Crippen LogP contribution in [0.5, 0.6) is 0 Å². The van der Waals surface area contributed by atoms with Gasteiger partial charge in [-0.15, -0.1) is 0 Å². The molecule has 3 heteroatoms. The fourth-order valence-electron chi connectivity index (χ4n) is 2.56. The van der Waals surface area contributed by atoms with Crippen molar-refractivity contribution in [2.24, 2.45) is 0 Å². The largest absolute Gasteiger partial charge is 0.392 e. The van der Waals surface area contributed by atoms with Gasteiger partial charge in [0.05, 0.1) is 6.10 Å². The number of piperazine rings is 1. The zero-order valence-corrected chi connectivity index (χ0v) is 12.2. The van der Waals surface area contributed by atoms with Crippen molar-refractivity contribution in [3.8, 4) is 0 Å². The smallest absolute Gasteiger partial charge is 0.0664 e. The number of aliphatic hydroxyl groups is 1. The summed E-state index contributed by atoms with van der Waals surface area (Å²) in [4.78, 5) is 4.80. The quantitative estimate of drug-likeness (QED) is 0.881. The van der Waals surface area contributed by atoms with Crippen LogP contribution in [0.15, 0.2) is 24.3 Å². The molecule has 1 aromatic carbocycles. The lowest BCUT2D eigenvalue weighted by Gasteiger charge is -2.36. The molecule has 0 aliphatic carbocycles. The summed E-state index contributed by atoms with van der Waals surface area (Å²) in [6.07, 6.45) is 1.78. The van der Waals surface area contributed by atoms with Crippen molar-refractivity contribution in [3.05, 3.63) is 29.8 Å². The lowest BCUT2D eigenvalue weighted by molar-refractivity contribution is 0.106. The molecular formula is C16H26N2O. The second-order valence-corrected chi connectivity index (χ2v) is 5.37. The summed E-state index contributed by atoms with van der Waals surface area (Å²) in [7, 11) is 0. The minimum atomic E-state index is -0.171. The zero-order valence-electron chi connectivity index (χ0n) is 12.2. The summed E-state index contributed by atoms with van der Waals surface area (Å²) in [6.45, 7) is 9.26. The van der Waals surface area contributed by atoms with Crippen molar-refractivity contribution in [3.63, 3.8) is 0 Å². The molecule has 0 saturated carbocycles. The van der Waals surface area contributed by atoms with Crippen molar-refractivity contribution in [2.45, 2.75) is 32.8 Å². The van der Waals surface area contributed by atoms with Gasteiger partial charge in [0.15, 0.2) is 0 Å². The molecule has 0 bridgehead atoms. The highest BCUT2D eigenvalue weighted by molar-refractivity contribution is 5.48. The molecule has 0 aromatic heterocycles. The first kappa shape index (κ1) is 14.4. The normalized spacial score (nSPS) is 18.6. The second kappa shape index (κ2) is 6.92. The van der Waals surface area contributed by atoms with Crippen LogP contribution in [0.25, 0.3) is 0 Å². The van der Waals surface area contributed by atoms with Crippen molar-refractivity contribution >= 4 is 5.69 Å². The van der Waals surface area contributed by atoms with E-state index in [2.05, 4.69) is 41.0 Å². The maximum atomic E-state index is 9.70. The highest BCUT2D eigenvalue weighted by atomic mass is 16.3. The number of rotatable bonds is 5. The van der Waals surface area contributed by atoms with Gasteiger partial charge in [-0.25, -0.2) is 0 Å². The number of aliphatic hydroxyl groups excluding tert-OH is 1. The van der Waals surface area contributed by atoms with E-state index < -0.39 is 0 Å². The third-order valence-corrected chi connectivity index (χ3v) is 4.02. The Kier molecular flexibility index (Phi) is 5.23. The van der Waals surface area contributed by atoms with Crippen LogP contribution in [0.3, 0.4) is 0 Å². The number of aryl methyl sites for hydroxylation is 1. The average molecular weight is 262 g/mol. The van der Waals surface area contributed by atoms with Crippen molar-refractivity contribution in [2.75, 3.05) is 37.6 Å². The Labute approximate surface area is 116 Å². The van der Waals surface area contributed by atoms with Gasteiger partial charge in [-0.1, -0.05) is 26.0 Å². The Morgan fingerprint density at radius 1 is 1.05 bits per heavy atom. The van der Waals surface area contributed by atoms with E-state index in [1.165, 1.54) is 11.3 Å². The van der Waals surface area contributed by atoms with Gasteiger partial charge >= 0.3 is 0 Å². The van der Waals surface area contributed by atoms with Crippen LogP contribution in [0.2, 0.25) is 0 Å². The molecule has 1 heterocycles. The van der Waals surface area contributed by atoms with Gasteiger partial charge in [-0.3, -0.25) is 4.90 Å². The number of hydrogen-bond acceptors (Lipinski definition) is 3. The Bertz CT molecular complexity index is 369. The molecule has 106 valence electrons. The second-order valence-electron chi connectivity index (χ2n) is 5.37. The summed E-state index contributed by atoms with van der Waals surface area (Å²) in [6, 6.07) is 8.91. The van der Waals surface area contributed by atoms with Gasteiger partial charge < -0.3 is 10.0 Å². The highest BCUT2D eigenvalue weighted by Crippen LogP contribution is 2.17. The molecule has 19 heavy (non-hydrogen) atoms. The van der Waals surface area contributed by atoms with Crippen LogP contribution in [0.1, 0.15) is 25.8 Å². The summed E-state index contributed by atoms with van der Waals surface area (Å²) in [5.74, 6) is 0. The van der Waals surface area contributed by atoms with Crippen LogP contribution in [0, 0.1) is 0 Å². The SMILES string of the molecule is CCc1ccc(N2CCN(C[C@H](O)CC)CC2)cc1. The number of anilines is 1. The molecule has 1 aliphatic heterocycles. The molecular weight excluding hydrogens is 236 g/mol. The van der Waals surface area contributed by atoms with E-state index in [0.717, 1.165) is 45.6 Å². The van der Waals surface area contributed by atoms with Gasteiger partial charge in [0.2, 0.25) is 0 Å². The predicted molar refractivity (Wildman–Crippen MR) is 80.8 cm³/mol. The fraction of sp³-hybridized carbons (Fsp3) is 0.625. The van der Waals surface area contributed by atoms with Gasteiger partial charge in [-0.05, 0) is 30.5 Å². The molecule has 1 N–H and O–H groups in total. The van der Waals surface area contributed by atoms with Gasteiger partial charge in [-0.2, -0.15) is 0 Å². The third-order valence-electron chi connectivity index (χ3n) is 4.02.